The Kier molecular flexibility index (Phi) is 1.35. The van der Waals surface area contributed by atoms with E-state index in [9.17, 15) is 0 Å². The molecule has 13 heavy (non-hydrogen) atoms. The molecule has 0 aliphatic heterocycles. The molecule has 70 valence electrons. The van der Waals surface area contributed by atoms with Gasteiger partial charge in [-0.15, -0.1) is 10.2 Å². The molecule has 0 bridgehead atoms. The molecular weight excluding hydrogens is 164 g/mol. The Balaban J connectivity index is 1.78. The number of nitrogens with zero attached hydrogens (tertiary/aromatic N) is 2. The van der Waals surface area contributed by atoms with Gasteiger partial charge in [0.15, 0.2) is 0 Å². The Labute approximate surface area is 77.5 Å². The fraction of sp³-hybridized carbons (Fsp3) is 0.800. The van der Waals surface area contributed by atoms with Crippen LogP contribution in [0.4, 0.5) is 0 Å². The van der Waals surface area contributed by atoms with Gasteiger partial charge in [-0.05, 0) is 24.7 Å². The van der Waals surface area contributed by atoms with E-state index in [0.29, 0.717) is 11.8 Å². The first-order chi connectivity index (χ1) is 6.25. The van der Waals surface area contributed by atoms with Crippen LogP contribution in [0.15, 0.2) is 4.42 Å². The van der Waals surface area contributed by atoms with Crippen LogP contribution in [0.2, 0.25) is 0 Å². The second-order valence-corrected chi connectivity index (χ2v) is 4.62. The zero-order valence-corrected chi connectivity index (χ0v) is 8.03. The monoisotopic (exact) mass is 178 g/mol. The fourth-order valence-electron chi connectivity index (χ4n) is 1.88. The highest BCUT2D eigenvalue weighted by atomic mass is 16.4. The molecule has 4 atom stereocenters. The van der Waals surface area contributed by atoms with Crippen LogP contribution >= 0.6 is 0 Å². The molecule has 0 saturated heterocycles. The molecule has 0 radical (unpaired) electrons. The minimum absolute atomic E-state index is 0.565. The van der Waals surface area contributed by atoms with Gasteiger partial charge in [-0.25, -0.2) is 0 Å². The number of aromatic nitrogens is 2. The summed E-state index contributed by atoms with van der Waals surface area (Å²) in [4.78, 5) is 0. The SMILES string of the molecule is CC1CC1c1nnc(C2CC2C)o1. The smallest absolute Gasteiger partial charge is 0.219 e. The Hall–Kier alpha value is -0.860. The van der Waals surface area contributed by atoms with Crippen LogP contribution in [0.1, 0.15) is 50.3 Å². The second kappa shape index (κ2) is 2.34. The van der Waals surface area contributed by atoms with Crippen molar-refractivity contribution in [1.82, 2.24) is 10.2 Å². The maximum atomic E-state index is 5.65. The third kappa shape index (κ3) is 1.18. The predicted octanol–water partition coefficient (Wildman–Crippen LogP) is 2.32. The zero-order chi connectivity index (χ0) is 9.00. The first kappa shape index (κ1) is 7.54. The van der Waals surface area contributed by atoms with Crippen molar-refractivity contribution < 1.29 is 4.42 Å². The van der Waals surface area contributed by atoms with E-state index in [2.05, 4.69) is 24.0 Å². The lowest BCUT2D eigenvalue weighted by molar-refractivity contribution is 0.443. The summed E-state index contributed by atoms with van der Waals surface area (Å²) in [5.74, 6) is 4.39. The molecular formula is C10H14N2O. The largest absolute Gasteiger partial charge is 0.425 e. The minimum Gasteiger partial charge on any atom is -0.425 e. The van der Waals surface area contributed by atoms with Crippen molar-refractivity contribution in [1.29, 1.82) is 0 Å². The van der Waals surface area contributed by atoms with Gasteiger partial charge >= 0.3 is 0 Å². The highest BCUT2D eigenvalue weighted by molar-refractivity contribution is 5.09. The molecule has 3 heteroatoms. The molecule has 2 aliphatic rings. The Morgan fingerprint density at radius 2 is 1.38 bits per heavy atom. The molecule has 1 heterocycles. The highest BCUT2D eigenvalue weighted by Crippen LogP contribution is 2.49. The minimum atomic E-state index is 0.565. The predicted molar refractivity (Wildman–Crippen MR) is 47.3 cm³/mol. The van der Waals surface area contributed by atoms with Crippen molar-refractivity contribution in [2.75, 3.05) is 0 Å². The third-order valence-electron chi connectivity index (χ3n) is 3.31. The maximum absolute atomic E-state index is 5.65. The van der Waals surface area contributed by atoms with E-state index in [0.717, 1.165) is 23.6 Å². The number of rotatable bonds is 2. The van der Waals surface area contributed by atoms with Crippen molar-refractivity contribution in [3.05, 3.63) is 11.8 Å². The van der Waals surface area contributed by atoms with Gasteiger partial charge in [0.05, 0.1) is 0 Å². The van der Waals surface area contributed by atoms with Crippen LogP contribution in [-0.2, 0) is 0 Å². The van der Waals surface area contributed by atoms with Gasteiger partial charge in [0.2, 0.25) is 11.8 Å². The summed E-state index contributed by atoms with van der Waals surface area (Å²) >= 11 is 0. The molecule has 0 amide bonds. The van der Waals surface area contributed by atoms with Crippen molar-refractivity contribution in [2.45, 2.75) is 38.5 Å². The summed E-state index contributed by atoms with van der Waals surface area (Å²) < 4.78 is 5.65. The Bertz CT molecular complexity index is 303. The van der Waals surface area contributed by atoms with E-state index in [-0.39, 0.29) is 0 Å². The summed E-state index contributed by atoms with van der Waals surface area (Å²) in [6.45, 7) is 4.46. The number of hydrogen-bond donors (Lipinski definition) is 0. The van der Waals surface area contributed by atoms with Crippen LogP contribution in [0.5, 0.6) is 0 Å². The molecule has 0 aromatic carbocycles. The van der Waals surface area contributed by atoms with Gasteiger partial charge in [0.1, 0.15) is 0 Å². The molecule has 1 aromatic heterocycles. The molecule has 3 rings (SSSR count). The molecule has 4 unspecified atom stereocenters. The molecule has 1 aromatic rings. The maximum Gasteiger partial charge on any atom is 0.219 e. The summed E-state index contributed by atoms with van der Waals surface area (Å²) in [5.41, 5.74) is 0. The van der Waals surface area contributed by atoms with Crippen LogP contribution in [-0.4, -0.2) is 10.2 Å². The second-order valence-electron chi connectivity index (χ2n) is 4.62. The lowest BCUT2D eigenvalue weighted by Gasteiger charge is -1.87. The van der Waals surface area contributed by atoms with Gasteiger partial charge in [-0.2, -0.15) is 0 Å². The van der Waals surface area contributed by atoms with Crippen molar-refractivity contribution in [2.24, 2.45) is 11.8 Å². The molecule has 3 nitrogen and oxygen atoms in total. The molecule has 2 fully saturated rings. The molecule has 0 N–H and O–H groups in total. The summed E-state index contributed by atoms with van der Waals surface area (Å²) in [7, 11) is 0. The van der Waals surface area contributed by atoms with E-state index in [1.165, 1.54) is 12.8 Å². The third-order valence-corrected chi connectivity index (χ3v) is 3.31. The van der Waals surface area contributed by atoms with E-state index >= 15 is 0 Å². The van der Waals surface area contributed by atoms with Gasteiger partial charge in [0, 0.05) is 11.8 Å². The lowest BCUT2D eigenvalue weighted by Crippen LogP contribution is -1.80. The topological polar surface area (TPSA) is 38.9 Å². The van der Waals surface area contributed by atoms with E-state index in [4.69, 9.17) is 4.42 Å². The van der Waals surface area contributed by atoms with Gasteiger partial charge in [-0.1, -0.05) is 13.8 Å². The molecule has 2 saturated carbocycles. The Morgan fingerprint density at radius 1 is 1.00 bits per heavy atom. The van der Waals surface area contributed by atoms with E-state index < -0.39 is 0 Å². The van der Waals surface area contributed by atoms with Crippen LogP contribution < -0.4 is 0 Å². The van der Waals surface area contributed by atoms with E-state index in [1.807, 2.05) is 0 Å². The van der Waals surface area contributed by atoms with Crippen LogP contribution in [0.3, 0.4) is 0 Å². The van der Waals surface area contributed by atoms with Crippen molar-refractivity contribution in [3.8, 4) is 0 Å². The summed E-state index contributed by atoms with van der Waals surface area (Å²) in [6, 6.07) is 0. The van der Waals surface area contributed by atoms with Gasteiger partial charge in [-0.3, -0.25) is 0 Å². The standard InChI is InChI=1S/C10H14N2O/c1-5-3-7(5)9-11-12-10(13-9)8-4-6(8)2/h5-8H,3-4H2,1-2H3. The molecule has 0 spiro atoms. The summed E-state index contributed by atoms with van der Waals surface area (Å²) in [6.07, 6.45) is 2.45. The average molecular weight is 178 g/mol. The van der Waals surface area contributed by atoms with Crippen LogP contribution in [0.25, 0.3) is 0 Å². The first-order valence-corrected chi connectivity index (χ1v) is 5.09. The summed E-state index contributed by atoms with van der Waals surface area (Å²) in [5, 5.41) is 8.22. The Morgan fingerprint density at radius 3 is 1.69 bits per heavy atom. The first-order valence-electron chi connectivity index (χ1n) is 5.09. The van der Waals surface area contributed by atoms with Gasteiger partial charge in [0.25, 0.3) is 0 Å². The number of hydrogen-bond acceptors (Lipinski definition) is 3. The molecule has 2 aliphatic carbocycles. The van der Waals surface area contributed by atoms with Crippen LogP contribution in [0, 0.1) is 11.8 Å². The van der Waals surface area contributed by atoms with E-state index in [1.54, 1.807) is 0 Å². The lowest BCUT2D eigenvalue weighted by atomic mass is 10.3. The fourth-order valence-corrected chi connectivity index (χ4v) is 1.88. The van der Waals surface area contributed by atoms with Gasteiger partial charge < -0.3 is 4.42 Å². The normalized spacial score (nSPS) is 42.0. The highest BCUT2D eigenvalue weighted by Gasteiger charge is 2.42. The van der Waals surface area contributed by atoms with Crippen molar-refractivity contribution in [3.63, 3.8) is 0 Å². The van der Waals surface area contributed by atoms with Crippen molar-refractivity contribution >= 4 is 0 Å². The zero-order valence-electron chi connectivity index (χ0n) is 8.03. The quantitative estimate of drug-likeness (QED) is 0.697. The average Bonchev–Trinajstić information content (AvgIpc) is 2.96.